The zero-order valence-corrected chi connectivity index (χ0v) is 13.4. The molecule has 1 aliphatic rings. The van der Waals surface area contributed by atoms with Crippen LogP contribution in [0.5, 0.6) is 0 Å². The fraction of sp³-hybridized carbons (Fsp3) is 0.333. The molecule has 5 nitrogen and oxygen atoms in total. The van der Waals surface area contributed by atoms with Crippen molar-refractivity contribution in [2.45, 2.75) is 25.8 Å². The summed E-state index contributed by atoms with van der Waals surface area (Å²) in [4.78, 5) is 14.2. The highest BCUT2D eigenvalue weighted by Gasteiger charge is 2.24. The SMILES string of the molecule is Cc1occc1C(=O)NC1CCN(c2cccc(F)c2C#N)CC1. The molecule has 1 fully saturated rings. The van der Waals surface area contributed by atoms with E-state index < -0.39 is 5.82 Å². The Morgan fingerprint density at radius 3 is 2.75 bits per heavy atom. The number of furan rings is 1. The normalized spacial score (nSPS) is 15.1. The Balaban J connectivity index is 1.63. The Hall–Kier alpha value is -2.81. The lowest BCUT2D eigenvalue weighted by Crippen LogP contribution is -2.45. The van der Waals surface area contributed by atoms with Gasteiger partial charge in [0.1, 0.15) is 23.2 Å². The molecular formula is C18H18FN3O2. The second-order valence-corrected chi connectivity index (χ2v) is 5.87. The van der Waals surface area contributed by atoms with Crippen molar-refractivity contribution in [2.75, 3.05) is 18.0 Å². The topological polar surface area (TPSA) is 69.3 Å². The number of nitrogens with one attached hydrogen (secondary N) is 1. The van der Waals surface area contributed by atoms with Crippen molar-refractivity contribution in [3.05, 3.63) is 53.2 Å². The summed E-state index contributed by atoms with van der Waals surface area (Å²) in [5.41, 5.74) is 1.25. The van der Waals surface area contributed by atoms with Gasteiger partial charge < -0.3 is 14.6 Å². The van der Waals surface area contributed by atoms with Crippen LogP contribution in [0.3, 0.4) is 0 Å². The number of benzene rings is 1. The molecule has 6 heteroatoms. The standard InChI is InChI=1S/C18H18FN3O2/c1-12-14(7-10-24-12)18(23)21-13-5-8-22(9-6-13)17-4-2-3-16(19)15(17)11-20/h2-4,7,10,13H,5-6,8-9H2,1H3,(H,21,23). The van der Waals surface area contributed by atoms with Gasteiger partial charge in [0.05, 0.1) is 17.5 Å². The molecule has 0 aliphatic carbocycles. The summed E-state index contributed by atoms with van der Waals surface area (Å²) in [6.45, 7) is 3.08. The van der Waals surface area contributed by atoms with E-state index in [1.165, 1.54) is 12.3 Å². The lowest BCUT2D eigenvalue weighted by Gasteiger charge is -2.34. The van der Waals surface area contributed by atoms with Gasteiger partial charge in [-0.25, -0.2) is 4.39 Å². The van der Waals surface area contributed by atoms with E-state index >= 15 is 0 Å². The number of carbonyl (C=O) groups is 1. The average molecular weight is 327 g/mol. The van der Waals surface area contributed by atoms with E-state index in [4.69, 9.17) is 9.68 Å². The maximum absolute atomic E-state index is 13.7. The van der Waals surface area contributed by atoms with Gasteiger partial charge in [0.15, 0.2) is 0 Å². The minimum Gasteiger partial charge on any atom is -0.469 e. The van der Waals surface area contributed by atoms with E-state index in [2.05, 4.69) is 5.32 Å². The highest BCUT2D eigenvalue weighted by molar-refractivity contribution is 5.95. The third-order valence-electron chi connectivity index (χ3n) is 4.38. The van der Waals surface area contributed by atoms with Gasteiger partial charge in [-0.3, -0.25) is 4.79 Å². The van der Waals surface area contributed by atoms with Crippen LogP contribution in [0.2, 0.25) is 0 Å². The minimum absolute atomic E-state index is 0.0575. The highest BCUT2D eigenvalue weighted by atomic mass is 19.1. The van der Waals surface area contributed by atoms with Crippen LogP contribution in [-0.2, 0) is 0 Å². The summed E-state index contributed by atoms with van der Waals surface area (Å²) >= 11 is 0. The number of carbonyl (C=O) groups excluding carboxylic acids is 1. The predicted molar refractivity (Wildman–Crippen MR) is 87.3 cm³/mol. The molecule has 1 aliphatic heterocycles. The first-order chi connectivity index (χ1) is 11.6. The second kappa shape index (κ2) is 6.75. The molecule has 2 aromatic rings. The first-order valence-corrected chi connectivity index (χ1v) is 7.88. The quantitative estimate of drug-likeness (QED) is 0.941. The number of hydrogen-bond donors (Lipinski definition) is 1. The number of anilines is 1. The van der Waals surface area contributed by atoms with Crippen LogP contribution in [0.4, 0.5) is 10.1 Å². The lowest BCUT2D eigenvalue weighted by atomic mass is 10.0. The number of nitriles is 1. The fourth-order valence-corrected chi connectivity index (χ4v) is 3.04. The summed E-state index contributed by atoms with van der Waals surface area (Å²) in [6.07, 6.45) is 2.98. The highest BCUT2D eigenvalue weighted by Crippen LogP contribution is 2.25. The van der Waals surface area contributed by atoms with Gasteiger partial charge in [-0.2, -0.15) is 5.26 Å². The molecule has 1 N–H and O–H groups in total. The van der Waals surface area contributed by atoms with E-state index in [9.17, 15) is 9.18 Å². The molecule has 1 saturated heterocycles. The van der Waals surface area contributed by atoms with Crippen molar-refractivity contribution < 1.29 is 13.6 Å². The van der Waals surface area contributed by atoms with Gasteiger partial charge in [0.25, 0.3) is 5.91 Å². The van der Waals surface area contributed by atoms with Gasteiger partial charge in [-0.05, 0) is 38.0 Å². The molecule has 24 heavy (non-hydrogen) atoms. The maximum atomic E-state index is 13.7. The van der Waals surface area contributed by atoms with Crippen molar-refractivity contribution >= 4 is 11.6 Å². The van der Waals surface area contributed by atoms with Crippen molar-refractivity contribution in [1.29, 1.82) is 5.26 Å². The molecule has 0 bridgehead atoms. The van der Waals surface area contributed by atoms with Gasteiger partial charge in [-0.15, -0.1) is 0 Å². The van der Waals surface area contributed by atoms with Crippen LogP contribution >= 0.6 is 0 Å². The van der Waals surface area contributed by atoms with Gasteiger partial charge in [0.2, 0.25) is 0 Å². The van der Waals surface area contributed by atoms with E-state index in [0.717, 1.165) is 12.8 Å². The van der Waals surface area contributed by atoms with E-state index in [1.54, 1.807) is 25.1 Å². The molecule has 124 valence electrons. The van der Waals surface area contributed by atoms with Gasteiger partial charge in [0, 0.05) is 19.1 Å². The number of rotatable bonds is 3. The van der Waals surface area contributed by atoms with Gasteiger partial charge in [-0.1, -0.05) is 6.07 Å². The molecule has 0 saturated carbocycles. The van der Waals surface area contributed by atoms with Crippen molar-refractivity contribution in [1.82, 2.24) is 5.32 Å². The largest absolute Gasteiger partial charge is 0.469 e. The van der Waals surface area contributed by atoms with Crippen molar-refractivity contribution in [3.63, 3.8) is 0 Å². The van der Waals surface area contributed by atoms with E-state index in [0.29, 0.717) is 30.1 Å². The number of piperidine rings is 1. The molecule has 1 amide bonds. The average Bonchev–Trinajstić information content (AvgIpc) is 3.01. The van der Waals surface area contributed by atoms with Gasteiger partial charge >= 0.3 is 0 Å². The zero-order valence-electron chi connectivity index (χ0n) is 13.4. The van der Waals surface area contributed by atoms with Crippen LogP contribution in [0, 0.1) is 24.1 Å². The molecule has 0 spiro atoms. The minimum atomic E-state index is -0.499. The predicted octanol–water partition coefficient (Wildman–Crippen LogP) is 3.00. The Morgan fingerprint density at radius 1 is 1.38 bits per heavy atom. The van der Waals surface area contributed by atoms with E-state index in [-0.39, 0.29) is 17.5 Å². The first kappa shape index (κ1) is 16.1. The summed E-state index contributed by atoms with van der Waals surface area (Å²) < 4.78 is 18.9. The molecule has 2 heterocycles. The van der Waals surface area contributed by atoms with Crippen molar-refractivity contribution in [3.8, 4) is 6.07 Å². The molecule has 0 radical (unpaired) electrons. The molecule has 0 atom stereocenters. The molecule has 0 unspecified atom stereocenters. The van der Waals surface area contributed by atoms with Crippen LogP contribution in [0.1, 0.15) is 34.5 Å². The lowest BCUT2D eigenvalue weighted by molar-refractivity contribution is 0.0929. The van der Waals surface area contributed by atoms with Crippen LogP contribution in [-0.4, -0.2) is 25.0 Å². The van der Waals surface area contributed by atoms with E-state index in [1.807, 2.05) is 11.0 Å². The van der Waals surface area contributed by atoms with Crippen LogP contribution in [0.15, 0.2) is 34.9 Å². The Bertz CT molecular complexity index is 786. The number of hydrogen-bond acceptors (Lipinski definition) is 4. The number of nitrogens with zero attached hydrogens (tertiary/aromatic N) is 2. The summed E-state index contributed by atoms with van der Waals surface area (Å²) in [5, 5.41) is 12.2. The number of aryl methyl sites for hydroxylation is 1. The smallest absolute Gasteiger partial charge is 0.255 e. The Morgan fingerprint density at radius 2 is 2.12 bits per heavy atom. The monoisotopic (exact) mass is 327 g/mol. The Kier molecular flexibility index (Phi) is 4.52. The Labute approximate surface area is 139 Å². The van der Waals surface area contributed by atoms with Crippen molar-refractivity contribution in [2.24, 2.45) is 0 Å². The summed E-state index contributed by atoms with van der Waals surface area (Å²) in [6, 6.07) is 8.31. The number of amides is 1. The first-order valence-electron chi connectivity index (χ1n) is 7.88. The molecule has 3 rings (SSSR count). The third kappa shape index (κ3) is 3.11. The molecule has 1 aromatic carbocycles. The fourth-order valence-electron chi connectivity index (χ4n) is 3.04. The maximum Gasteiger partial charge on any atom is 0.255 e. The van der Waals surface area contributed by atoms with Crippen LogP contribution < -0.4 is 10.2 Å². The molecule has 1 aromatic heterocycles. The zero-order chi connectivity index (χ0) is 17.1. The number of halogens is 1. The third-order valence-corrected chi connectivity index (χ3v) is 4.38. The van der Waals surface area contributed by atoms with Crippen LogP contribution in [0.25, 0.3) is 0 Å². The summed E-state index contributed by atoms with van der Waals surface area (Å²) in [5.74, 6) is -0.0348. The summed E-state index contributed by atoms with van der Waals surface area (Å²) in [7, 11) is 0. The molecular weight excluding hydrogens is 309 g/mol. The second-order valence-electron chi connectivity index (χ2n) is 5.87.